The third kappa shape index (κ3) is 4.95. The molecule has 0 radical (unpaired) electrons. The molecule has 1 aliphatic rings. The monoisotopic (exact) mass is 485 g/mol. The zero-order valence-corrected chi connectivity index (χ0v) is 20.8. The van der Waals surface area contributed by atoms with Gasteiger partial charge in [-0.1, -0.05) is 31.1 Å². The van der Waals surface area contributed by atoms with Crippen molar-refractivity contribution in [2.45, 2.75) is 50.3 Å². The summed E-state index contributed by atoms with van der Waals surface area (Å²) >= 11 is 0. The summed E-state index contributed by atoms with van der Waals surface area (Å²) in [5, 5.41) is 4.13. The van der Waals surface area contributed by atoms with Crippen LogP contribution in [0, 0.1) is 0 Å². The van der Waals surface area contributed by atoms with Crippen molar-refractivity contribution in [1.82, 2.24) is 14.4 Å². The van der Waals surface area contributed by atoms with Gasteiger partial charge < -0.3 is 14.0 Å². The van der Waals surface area contributed by atoms with E-state index in [1.165, 1.54) is 4.31 Å². The molecule has 0 spiro atoms. The van der Waals surface area contributed by atoms with Gasteiger partial charge in [0.15, 0.2) is 11.5 Å². The molecule has 34 heavy (non-hydrogen) atoms. The number of methoxy groups -OCH3 is 1. The second-order valence-electron chi connectivity index (χ2n) is 8.68. The molecule has 9 heteroatoms. The molecule has 0 saturated carbocycles. The van der Waals surface area contributed by atoms with Crippen molar-refractivity contribution in [2.24, 2.45) is 0 Å². The van der Waals surface area contributed by atoms with Crippen LogP contribution in [-0.4, -0.2) is 49.7 Å². The third-order valence-corrected chi connectivity index (χ3v) is 7.96. The highest BCUT2D eigenvalue weighted by atomic mass is 32.2. The molecule has 0 amide bonds. The van der Waals surface area contributed by atoms with Gasteiger partial charge in [-0.15, -0.1) is 0 Å². The summed E-state index contributed by atoms with van der Waals surface area (Å²) in [5.74, 6) is 2.29. The van der Waals surface area contributed by atoms with Gasteiger partial charge in [-0.25, -0.2) is 8.42 Å². The number of sulfonamides is 1. The molecule has 3 aromatic rings. The van der Waals surface area contributed by atoms with Gasteiger partial charge in [0, 0.05) is 18.7 Å². The lowest BCUT2D eigenvalue weighted by molar-refractivity contribution is 0.265. The molecular formula is C25H31N3O5S. The van der Waals surface area contributed by atoms with E-state index in [0.717, 1.165) is 24.0 Å². The van der Waals surface area contributed by atoms with Crippen LogP contribution in [0.2, 0.25) is 0 Å². The zero-order valence-electron chi connectivity index (χ0n) is 20.0. The summed E-state index contributed by atoms with van der Waals surface area (Å²) in [4.78, 5) is 4.89. The normalized spacial score (nSPS) is 17.1. The Morgan fingerprint density at radius 3 is 2.59 bits per heavy atom. The third-order valence-electron chi connectivity index (χ3n) is 6.08. The van der Waals surface area contributed by atoms with E-state index < -0.39 is 10.0 Å². The maximum atomic E-state index is 13.3. The Kier molecular flexibility index (Phi) is 7.23. The summed E-state index contributed by atoms with van der Waals surface area (Å²) in [6, 6.07) is 12.6. The molecule has 0 bridgehead atoms. The Balaban J connectivity index is 1.52. The molecule has 182 valence electrons. The van der Waals surface area contributed by atoms with E-state index in [-0.39, 0.29) is 5.92 Å². The van der Waals surface area contributed by atoms with E-state index in [9.17, 15) is 8.42 Å². The molecule has 0 N–H and O–H groups in total. The van der Waals surface area contributed by atoms with Crippen molar-refractivity contribution >= 4 is 10.0 Å². The Hall–Kier alpha value is -2.91. The average Bonchev–Trinajstić information content (AvgIpc) is 3.35. The Morgan fingerprint density at radius 1 is 1.15 bits per heavy atom. The van der Waals surface area contributed by atoms with Crippen LogP contribution in [0.5, 0.6) is 11.5 Å². The van der Waals surface area contributed by atoms with E-state index in [2.05, 4.69) is 24.0 Å². The largest absolute Gasteiger partial charge is 0.493 e. The van der Waals surface area contributed by atoms with E-state index >= 15 is 0 Å². The van der Waals surface area contributed by atoms with Crippen LogP contribution in [0.3, 0.4) is 0 Å². The Labute approximate surface area is 200 Å². The first kappa shape index (κ1) is 24.2. The minimum Gasteiger partial charge on any atom is -0.493 e. The number of aromatic nitrogens is 2. The number of piperidine rings is 1. The lowest BCUT2D eigenvalue weighted by Crippen LogP contribution is -2.39. The summed E-state index contributed by atoms with van der Waals surface area (Å²) in [5.41, 5.74) is 1.85. The van der Waals surface area contributed by atoms with Crippen LogP contribution in [0.15, 0.2) is 51.9 Å². The molecule has 1 fully saturated rings. The van der Waals surface area contributed by atoms with E-state index in [1.54, 1.807) is 25.3 Å². The molecule has 0 aliphatic carbocycles. The molecule has 1 aromatic heterocycles. The van der Waals surface area contributed by atoms with Gasteiger partial charge in [-0.2, -0.15) is 9.29 Å². The molecule has 0 unspecified atom stereocenters. The predicted octanol–water partition coefficient (Wildman–Crippen LogP) is 4.84. The summed E-state index contributed by atoms with van der Waals surface area (Å²) < 4.78 is 44.6. The SMILES string of the molecule is CCOc1ccc(-c2noc([C@@H]3CCCN(S(=O)(=O)c4ccc(C(C)C)cc4)C3)n2)cc1OC. The molecule has 4 rings (SSSR count). The van der Waals surface area contributed by atoms with Crippen LogP contribution in [0.4, 0.5) is 0 Å². The second-order valence-corrected chi connectivity index (χ2v) is 10.6. The molecule has 1 saturated heterocycles. The van der Waals surface area contributed by atoms with Gasteiger partial charge in [0.1, 0.15) is 0 Å². The summed E-state index contributed by atoms with van der Waals surface area (Å²) in [7, 11) is -2.02. The predicted molar refractivity (Wildman–Crippen MR) is 129 cm³/mol. The van der Waals surface area contributed by atoms with Gasteiger partial charge in [0.2, 0.25) is 21.7 Å². The Morgan fingerprint density at radius 2 is 1.91 bits per heavy atom. The van der Waals surface area contributed by atoms with E-state index in [4.69, 9.17) is 14.0 Å². The smallest absolute Gasteiger partial charge is 0.243 e. The average molecular weight is 486 g/mol. The fraction of sp³-hybridized carbons (Fsp3) is 0.440. The van der Waals surface area contributed by atoms with Gasteiger partial charge in [0.05, 0.1) is 24.5 Å². The first-order valence-electron chi connectivity index (χ1n) is 11.6. The number of hydrogen-bond acceptors (Lipinski definition) is 7. The standard InChI is InChI=1S/C25H31N3O5S/c1-5-32-22-13-10-19(15-23(22)31-4)24-26-25(33-27-24)20-7-6-14-28(16-20)34(29,30)21-11-8-18(9-12-21)17(2)3/h8-13,15,17,20H,5-7,14,16H2,1-4H3/t20-/m1/s1. The minimum atomic E-state index is -3.60. The highest BCUT2D eigenvalue weighted by molar-refractivity contribution is 7.89. The fourth-order valence-corrected chi connectivity index (χ4v) is 5.66. The van der Waals surface area contributed by atoms with Crippen molar-refractivity contribution in [1.29, 1.82) is 0 Å². The zero-order chi connectivity index (χ0) is 24.3. The maximum Gasteiger partial charge on any atom is 0.243 e. The Bertz CT molecular complexity index is 1220. The van der Waals surface area contributed by atoms with Crippen LogP contribution in [-0.2, 0) is 10.0 Å². The van der Waals surface area contributed by atoms with E-state index in [1.807, 2.05) is 31.2 Å². The molecule has 8 nitrogen and oxygen atoms in total. The second kappa shape index (κ2) is 10.1. The van der Waals surface area contributed by atoms with Crippen molar-refractivity contribution in [3.63, 3.8) is 0 Å². The lowest BCUT2D eigenvalue weighted by Gasteiger charge is -2.30. The van der Waals surface area contributed by atoms with Gasteiger partial charge in [-0.3, -0.25) is 0 Å². The van der Waals surface area contributed by atoms with Crippen LogP contribution in [0.25, 0.3) is 11.4 Å². The fourth-order valence-electron chi connectivity index (χ4n) is 4.14. The molecule has 2 heterocycles. The number of nitrogens with zero attached hydrogens (tertiary/aromatic N) is 3. The van der Waals surface area contributed by atoms with Crippen molar-refractivity contribution in [2.75, 3.05) is 26.8 Å². The quantitative estimate of drug-likeness (QED) is 0.451. The first-order valence-corrected chi connectivity index (χ1v) is 13.0. The number of benzene rings is 2. The van der Waals surface area contributed by atoms with Crippen molar-refractivity contribution < 1.29 is 22.4 Å². The topological polar surface area (TPSA) is 94.8 Å². The lowest BCUT2D eigenvalue weighted by atomic mass is 10.00. The van der Waals surface area contributed by atoms with Gasteiger partial charge in [0.25, 0.3) is 0 Å². The van der Waals surface area contributed by atoms with Crippen LogP contribution in [0.1, 0.15) is 56.9 Å². The van der Waals surface area contributed by atoms with Crippen LogP contribution < -0.4 is 9.47 Å². The van der Waals surface area contributed by atoms with Crippen molar-refractivity contribution in [3.05, 3.63) is 53.9 Å². The van der Waals surface area contributed by atoms with Crippen LogP contribution >= 0.6 is 0 Å². The van der Waals surface area contributed by atoms with E-state index in [0.29, 0.717) is 53.7 Å². The molecule has 2 aromatic carbocycles. The molecule has 1 atom stereocenters. The summed E-state index contributed by atoms with van der Waals surface area (Å²) in [6.45, 7) is 7.39. The first-order chi connectivity index (χ1) is 16.3. The molecule has 1 aliphatic heterocycles. The maximum absolute atomic E-state index is 13.3. The number of rotatable bonds is 8. The highest BCUT2D eigenvalue weighted by Crippen LogP contribution is 2.34. The molecular weight excluding hydrogens is 454 g/mol. The van der Waals surface area contributed by atoms with Gasteiger partial charge >= 0.3 is 0 Å². The number of ether oxygens (including phenoxy) is 2. The minimum absolute atomic E-state index is 0.163. The van der Waals surface area contributed by atoms with Gasteiger partial charge in [-0.05, 0) is 61.6 Å². The van der Waals surface area contributed by atoms with Crippen molar-refractivity contribution in [3.8, 4) is 22.9 Å². The summed E-state index contributed by atoms with van der Waals surface area (Å²) in [6.07, 6.45) is 1.51. The highest BCUT2D eigenvalue weighted by Gasteiger charge is 2.33. The number of hydrogen-bond donors (Lipinski definition) is 0.